The number of amides is 2. The predicted molar refractivity (Wildman–Crippen MR) is 109 cm³/mol. The van der Waals surface area contributed by atoms with Gasteiger partial charge in [-0.25, -0.2) is 0 Å². The largest absolute Gasteiger partial charge is 0.497 e. The molecule has 3 aromatic rings. The first-order chi connectivity index (χ1) is 14.4. The average molecular weight is 410 g/mol. The van der Waals surface area contributed by atoms with Gasteiger partial charge >= 0.3 is 5.97 Å². The van der Waals surface area contributed by atoms with Crippen LogP contribution in [-0.4, -0.2) is 31.5 Å². The van der Waals surface area contributed by atoms with E-state index < -0.39 is 24.4 Å². The topological polar surface area (TPSA) is 107 Å². The SMILES string of the molecule is COc1ccc(C(=O)NNC(=O)COC(=O)Cc2coc3cc(C)c(C)cc23)cc1. The van der Waals surface area contributed by atoms with Gasteiger partial charge < -0.3 is 13.9 Å². The van der Waals surface area contributed by atoms with Crippen LogP contribution in [0.3, 0.4) is 0 Å². The zero-order valence-electron chi connectivity index (χ0n) is 16.9. The maximum atomic E-state index is 12.1. The van der Waals surface area contributed by atoms with Crippen LogP contribution < -0.4 is 15.6 Å². The van der Waals surface area contributed by atoms with Crippen molar-refractivity contribution in [2.24, 2.45) is 0 Å². The summed E-state index contributed by atoms with van der Waals surface area (Å²) in [5.74, 6) is -1.13. The monoisotopic (exact) mass is 410 g/mol. The molecular formula is C22H22N2O6. The van der Waals surface area contributed by atoms with E-state index in [-0.39, 0.29) is 6.42 Å². The average Bonchev–Trinajstić information content (AvgIpc) is 3.12. The lowest BCUT2D eigenvalue weighted by molar-refractivity contribution is -0.148. The van der Waals surface area contributed by atoms with Gasteiger partial charge in [-0.2, -0.15) is 0 Å². The molecule has 0 radical (unpaired) electrons. The molecule has 8 heteroatoms. The highest BCUT2D eigenvalue weighted by atomic mass is 16.5. The second kappa shape index (κ2) is 9.13. The van der Waals surface area contributed by atoms with Gasteiger partial charge in [0.15, 0.2) is 6.61 Å². The van der Waals surface area contributed by atoms with Gasteiger partial charge in [0.05, 0.1) is 19.8 Å². The van der Waals surface area contributed by atoms with E-state index in [1.165, 1.54) is 13.4 Å². The third-order valence-electron chi connectivity index (χ3n) is 4.64. The van der Waals surface area contributed by atoms with E-state index >= 15 is 0 Å². The number of esters is 1. The van der Waals surface area contributed by atoms with Crippen molar-refractivity contribution in [1.29, 1.82) is 0 Å². The zero-order valence-corrected chi connectivity index (χ0v) is 16.9. The van der Waals surface area contributed by atoms with Crippen molar-refractivity contribution < 1.29 is 28.3 Å². The lowest BCUT2D eigenvalue weighted by atomic mass is 10.0. The summed E-state index contributed by atoms with van der Waals surface area (Å²) in [6.45, 7) is 3.45. The summed E-state index contributed by atoms with van der Waals surface area (Å²) in [7, 11) is 1.52. The molecule has 156 valence electrons. The molecule has 2 N–H and O–H groups in total. The van der Waals surface area contributed by atoms with Crippen molar-refractivity contribution in [3.05, 3.63) is 64.9 Å². The van der Waals surface area contributed by atoms with Crippen LogP contribution in [0.4, 0.5) is 0 Å². The van der Waals surface area contributed by atoms with Crippen LogP contribution in [-0.2, 0) is 20.7 Å². The lowest BCUT2D eigenvalue weighted by Gasteiger charge is -2.08. The van der Waals surface area contributed by atoms with Crippen LogP contribution in [0.15, 0.2) is 47.1 Å². The number of carbonyl (C=O) groups excluding carboxylic acids is 3. The minimum Gasteiger partial charge on any atom is -0.497 e. The van der Waals surface area contributed by atoms with Crippen molar-refractivity contribution in [3.8, 4) is 5.75 Å². The van der Waals surface area contributed by atoms with E-state index in [1.807, 2.05) is 26.0 Å². The molecule has 0 saturated heterocycles. The Kier molecular flexibility index (Phi) is 6.36. The summed E-state index contributed by atoms with van der Waals surface area (Å²) in [5.41, 5.74) is 8.36. The molecule has 3 rings (SSSR count). The van der Waals surface area contributed by atoms with Crippen molar-refractivity contribution in [3.63, 3.8) is 0 Å². The quantitative estimate of drug-likeness (QED) is 0.478. The molecule has 2 aromatic carbocycles. The summed E-state index contributed by atoms with van der Waals surface area (Å²) in [5, 5.41) is 0.839. The smallest absolute Gasteiger partial charge is 0.310 e. The summed E-state index contributed by atoms with van der Waals surface area (Å²) >= 11 is 0. The normalized spacial score (nSPS) is 10.5. The molecule has 0 unspecified atom stereocenters. The molecular weight excluding hydrogens is 388 g/mol. The van der Waals surface area contributed by atoms with Gasteiger partial charge in [-0.1, -0.05) is 0 Å². The first-order valence-corrected chi connectivity index (χ1v) is 9.23. The number of aryl methyl sites for hydroxylation is 2. The molecule has 0 spiro atoms. The number of benzene rings is 2. The Morgan fingerprint density at radius 1 is 1.00 bits per heavy atom. The maximum absolute atomic E-state index is 12.1. The van der Waals surface area contributed by atoms with E-state index in [4.69, 9.17) is 13.9 Å². The number of rotatable bonds is 6. The van der Waals surface area contributed by atoms with Gasteiger partial charge in [-0.15, -0.1) is 0 Å². The second-order valence-corrected chi connectivity index (χ2v) is 6.76. The van der Waals surface area contributed by atoms with E-state index in [0.717, 1.165) is 16.5 Å². The van der Waals surface area contributed by atoms with Crippen LogP contribution in [0.25, 0.3) is 11.0 Å². The Bertz CT molecular complexity index is 1080. The summed E-state index contributed by atoms with van der Waals surface area (Å²) < 4.78 is 15.5. The van der Waals surface area contributed by atoms with Crippen LogP contribution in [0.1, 0.15) is 27.0 Å². The first-order valence-electron chi connectivity index (χ1n) is 9.23. The minimum atomic E-state index is -0.659. The highest BCUT2D eigenvalue weighted by Gasteiger charge is 2.14. The number of nitrogens with one attached hydrogen (secondary N) is 2. The number of hydrogen-bond donors (Lipinski definition) is 2. The van der Waals surface area contributed by atoms with Crippen molar-refractivity contribution in [2.75, 3.05) is 13.7 Å². The predicted octanol–water partition coefficient (Wildman–Crippen LogP) is 2.61. The molecule has 1 heterocycles. The van der Waals surface area contributed by atoms with Crippen LogP contribution in [0.2, 0.25) is 0 Å². The van der Waals surface area contributed by atoms with Gasteiger partial charge in [0, 0.05) is 16.5 Å². The fraction of sp³-hybridized carbons (Fsp3) is 0.227. The van der Waals surface area contributed by atoms with Gasteiger partial charge in [0.25, 0.3) is 11.8 Å². The number of furan rings is 1. The van der Waals surface area contributed by atoms with Gasteiger partial charge in [0.2, 0.25) is 0 Å². The van der Waals surface area contributed by atoms with Gasteiger partial charge in [0.1, 0.15) is 11.3 Å². The van der Waals surface area contributed by atoms with Gasteiger partial charge in [-0.05, 0) is 61.4 Å². The van der Waals surface area contributed by atoms with E-state index in [2.05, 4.69) is 10.9 Å². The molecule has 0 atom stereocenters. The molecule has 30 heavy (non-hydrogen) atoms. The minimum absolute atomic E-state index is 0.0268. The first kappa shape index (κ1) is 20.9. The van der Waals surface area contributed by atoms with Crippen LogP contribution in [0, 0.1) is 13.8 Å². The molecule has 1 aromatic heterocycles. The molecule has 0 saturated carbocycles. The number of carbonyl (C=O) groups is 3. The number of hydrogen-bond acceptors (Lipinski definition) is 6. The highest BCUT2D eigenvalue weighted by molar-refractivity contribution is 5.95. The fourth-order valence-electron chi connectivity index (χ4n) is 2.80. The Morgan fingerprint density at radius 2 is 1.70 bits per heavy atom. The molecule has 2 amide bonds. The highest BCUT2D eigenvalue weighted by Crippen LogP contribution is 2.25. The number of ether oxygens (including phenoxy) is 2. The maximum Gasteiger partial charge on any atom is 0.310 e. The van der Waals surface area contributed by atoms with Crippen LogP contribution in [0.5, 0.6) is 5.75 Å². The molecule has 0 aliphatic heterocycles. The molecule has 0 bridgehead atoms. The van der Waals surface area contributed by atoms with Crippen molar-refractivity contribution in [1.82, 2.24) is 10.9 Å². The van der Waals surface area contributed by atoms with Gasteiger partial charge in [-0.3, -0.25) is 25.2 Å². The Balaban J connectivity index is 1.47. The van der Waals surface area contributed by atoms with Crippen molar-refractivity contribution >= 4 is 28.8 Å². The lowest BCUT2D eigenvalue weighted by Crippen LogP contribution is -2.43. The second-order valence-electron chi connectivity index (χ2n) is 6.76. The molecule has 8 nitrogen and oxygen atoms in total. The zero-order chi connectivity index (χ0) is 21.7. The standard InChI is InChI=1S/C22H22N2O6/c1-13-8-18-16(11-29-19(18)9-14(13)2)10-21(26)30-12-20(25)23-24-22(27)15-4-6-17(28-3)7-5-15/h4-9,11H,10,12H2,1-3H3,(H,23,25)(H,24,27). The van der Waals surface area contributed by atoms with E-state index in [9.17, 15) is 14.4 Å². The van der Waals surface area contributed by atoms with Crippen molar-refractivity contribution in [2.45, 2.75) is 20.3 Å². The Hall–Kier alpha value is -3.81. The molecule has 0 fully saturated rings. The third kappa shape index (κ3) is 4.96. The number of fused-ring (bicyclic) bond motifs is 1. The Morgan fingerprint density at radius 3 is 2.40 bits per heavy atom. The Labute approximate surface area is 173 Å². The number of hydrazine groups is 1. The summed E-state index contributed by atoms with van der Waals surface area (Å²) in [6, 6.07) is 10.2. The van der Waals surface area contributed by atoms with E-state index in [1.54, 1.807) is 24.3 Å². The molecule has 0 aliphatic carbocycles. The van der Waals surface area contributed by atoms with Crippen LogP contribution >= 0.6 is 0 Å². The fourth-order valence-corrected chi connectivity index (χ4v) is 2.80. The van der Waals surface area contributed by atoms with E-state index in [0.29, 0.717) is 22.5 Å². The summed E-state index contributed by atoms with van der Waals surface area (Å²) in [4.78, 5) is 35.9. The summed E-state index contributed by atoms with van der Waals surface area (Å²) in [6.07, 6.45) is 1.49. The molecule has 0 aliphatic rings. The third-order valence-corrected chi connectivity index (χ3v) is 4.64. The number of methoxy groups -OCH3 is 1.